The molecule has 0 bridgehead atoms. The third-order valence-corrected chi connectivity index (χ3v) is 4.20. The number of carbonyl (C=O) groups is 1. The summed E-state index contributed by atoms with van der Waals surface area (Å²) in [5, 5.41) is 13.6. The zero-order valence-corrected chi connectivity index (χ0v) is 12.0. The summed E-state index contributed by atoms with van der Waals surface area (Å²) in [6, 6.07) is 9.35. The summed E-state index contributed by atoms with van der Waals surface area (Å²) in [5.74, 6) is 0.319. The van der Waals surface area contributed by atoms with Crippen LogP contribution in [0.15, 0.2) is 36.5 Å². The Bertz CT molecular complexity index is 636. The lowest BCUT2D eigenvalue weighted by atomic mass is 9.87. The molecule has 21 heavy (non-hydrogen) atoms. The molecule has 1 aliphatic rings. The Hall–Kier alpha value is -1.94. The predicted molar refractivity (Wildman–Crippen MR) is 82.0 cm³/mol. The van der Waals surface area contributed by atoms with Crippen molar-refractivity contribution in [3.8, 4) is 0 Å². The van der Waals surface area contributed by atoms with E-state index in [2.05, 4.69) is 10.3 Å². The lowest BCUT2D eigenvalue weighted by molar-refractivity contribution is 0.0875. The molecule has 3 rings (SSSR count). The minimum atomic E-state index is -0.206. The molecule has 4 nitrogen and oxygen atoms in total. The maximum atomic E-state index is 12.4. The van der Waals surface area contributed by atoms with E-state index in [0.29, 0.717) is 18.0 Å². The summed E-state index contributed by atoms with van der Waals surface area (Å²) < 4.78 is 0. The number of hydrogen-bond donors (Lipinski definition) is 2. The maximum Gasteiger partial charge on any atom is 0.251 e. The van der Waals surface area contributed by atoms with Crippen molar-refractivity contribution in [2.75, 3.05) is 6.54 Å². The highest BCUT2D eigenvalue weighted by Crippen LogP contribution is 2.23. The summed E-state index contributed by atoms with van der Waals surface area (Å²) in [7, 11) is 0. The van der Waals surface area contributed by atoms with Crippen LogP contribution in [0.2, 0.25) is 0 Å². The zero-order chi connectivity index (χ0) is 14.7. The van der Waals surface area contributed by atoms with E-state index in [-0.39, 0.29) is 12.0 Å². The van der Waals surface area contributed by atoms with Gasteiger partial charge in [0.2, 0.25) is 0 Å². The molecular weight excluding hydrogens is 264 g/mol. The second kappa shape index (κ2) is 6.22. The molecule has 1 aliphatic carbocycles. The minimum Gasteiger partial charge on any atom is -0.393 e. The molecule has 1 aromatic carbocycles. The summed E-state index contributed by atoms with van der Waals surface area (Å²) in [6.07, 6.45) is 5.32. The average Bonchev–Trinajstić information content (AvgIpc) is 2.52. The second-order valence-corrected chi connectivity index (χ2v) is 5.77. The second-order valence-electron chi connectivity index (χ2n) is 5.77. The topological polar surface area (TPSA) is 62.2 Å². The van der Waals surface area contributed by atoms with E-state index in [1.54, 1.807) is 6.20 Å². The molecule has 1 aromatic heterocycles. The predicted octanol–water partition coefficient (Wildman–Crippen LogP) is 2.52. The van der Waals surface area contributed by atoms with Crippen LogP contribution in [0.5, 0.6) is 0 Å². The number of benzene rings is 1. The van der Waals surface area contributed by atoms with E-state index < -0.39 is 0 Å². The summed E-state index contributed by atoms with van der Waals surface area (Å²) >= 11 is 0. The number of hydrogen-bond acceptors (Lipinski definition) is 3. The highest BCUT2D eigenvalue weighted by atomic mass is 16.3. The summed E-state index contributed by atoms with van der Waals surface area (Å²) in [6.45, 7) is 0.631. The fraction of sp³-hybridized carbons (Fsp3) is 0.412. The number of amides is 1. The minimum absolute atomic E-state index is 0.0614. The van der Waals surface area contributed by atoms with Crippen LogP contribution in [0.3, 0.4) is 0 Å². The molecule has 2 atom stereocenters. The van der Waals surface area contributed by atoms with E-state index >= 15 is 0 Å². The van der Waals surface area contributed by atoms with Crippen LogP contribution in [-0.4, -0.2) is 28.6 Å². The third-order valence-electron chi connectivity index (χ3n) is 4.20. The van der Waals surface area contributed by atoms with Gasteiger partial charge < -0.3 is 10.4 Å². The van der Waals surface area contributed by atoms with Gasteiger partial charge in [0.1, 0.15) is 0 Å². The molecule has 2 unspecified atom stereocenters. The van der Waals surface area contributed by atoms with Gasteiger partial charge in [0.15, 0.2) is 0 Å². The Morgan fingerprint density at radius 1 is 1.29 bits per heavy atom. The van der Waals surface area contributed by atoms with Gasteiger partial charge in [-0.1, -0.05) is 18.6 Å². The van der Waals surface area contributed by atoms with E-state index in [1.807, 2.05) is 30.3 Å². The summed E-state index contributed by atoms with van der Waals surface area (Å²) in [5.41, 5.74) is 1.50. The van der Waals surface area contributed by atoms with E-state index in [0.717, 1.165) is 36.6 Å². The number of carbonyl (C=O) groups excluding carboxylic acids is 1. The van der Waals surface area contributed by atoms with Crippen molar-refractivity contribution in [2.24, 2.45) is 5.92 Å². The fourth-order valence-corrected chi connectivity index (χ4v) is 3.08. The first kappa shape index (κ1) is 14.0. The number of aromatic nitrogens is 1. The maximum absolute atomic E-state index is 12.4. The number of aliphatic hydroxyl groups is 1. The number of rotatable bonds is 3. The Labute approximate surface area is 124 Å². The third kappa shape index (κ3) is 3.22. The molecule has 0 radical (unpaired) electrons. The smallest absolute Gasteiger partial charge is 0.251 e. The largest absolute Gasteiger partial charge is 0.393 e. The van der Waals surface area contributed by atoms with Crippen molar-refractivity contribution >= 4 is 16.8 Å². The highest BCUT2D eigenvalue weighted by Gasteiger charge is 2.21. The number of pyridine rings is 1. The Kier molecular flexibility index (Phi) is 4.15. The van der Waals surface area contributed by atoms with Crippen LogP contribution in [0.1, 0.15) is 36.0 Å². The first-order valence-corrected chi connectivity index (χ1v) is 7.54. The van der Waals surface area contributed by atoms with Gasteiger partial charge in [0.05, 0.1) is 11.6 Å². The lowest BCUT2D eigenvalue weighted by Crippen LogP contribution is -2.33. The van der Waals surface area contributed by atoms with Gasteiger partial charge in [0.25, 0.3) is 5.91 Å². The monoisotopic (exact) mass is 284 g/mol. The molecule has 110 valence electrons. The quantitative estimate of drug-likeness (QED) is 0.910. The average molecular weight is 284 g/mol. The first-order valence-electron chi connectivity index (χ1n) is 7.54. The molecule has 1 heterocycles. The molecule has 0 aliphatic heterocycles. The highest BCUT2D eigenvalue weighted by molar-refractivity contribution is 6.06. The summed E-state index contributed by atoms with van der Waals surface area (Å²) in [4.78, 5) is 16.7. The normalized spacial score (nSPS) is 22.1. The van der Waals surface area contributed by atoms with Crippen molar-refractivity contribution < 1.29 is 9.90 Å². The molecule has 1 saturated carbocycles. The van der Waals surface area contributed by atoms with Crippen LogP contribution in [-0.2, 0) is 0 Å². The van der Waals surface area contributed by atoms with Gasteiger partial charge in [-0.2, -0.15) is 0 Å². The van der Waals surface area contributed by atoms with Crippen molar-refractivity contribution in [1.29, 1.82) is 0 Å². The van der Waals surface area contributed by atoms with Crippen LogP contribution in [0, 0.1) is 5.92 Å². The van der Waals surface area contributed by atoms with Crippen molar-refractivity contribution in [2.45, 2.75) is 31.8 Å². The molecular formula is C17H20N2O2. The van der Waals surface area contributed by atoms with Crippen LogP contribution >= 0.6 is 0 Å². The number of nitrogens with one attached hydrogen (secondary N) is 1. The Morgan fingerprint density at radius 3 is 3.05 bits per heavy atom. The number of fused-ring (bicyclic) bond motifs is 1. The Morgan fingerprint density at radius 2 is 2.19 bits per heavy atom. The van der Waals surface area contributed by atoms with Gasteiger partial charge >= 0.3 is 0 Å². The van der Waals surface area contributed by atoms with Crippen LogP contribution in [0.25, 0.3) is 10.9 Å². The van der Waals surface area contributed by atoms with Crippen LogP contribution < -0.4 is 5.32 Å². The van der Waals surface area contributed by atoms with Crippen LogP contribution in [0.4, 0.5) is 0 Å². The molecule has 1 fully saturated rings. The van der Waals surface area contributed by atoms with Crippen molar-refractivity contribution in [1.82, 2.24) is 10.3 Å². The SMILES string of the molecule is O=C(NCC1CCCC(O)C1)c1cccc2ncccc12. The number of nitrogens with zero attached hydrogens (tertiary/aromatic N) is 1. The molecule has 2 aromatic rings. The van der Waals surface area contributed by atoms with E-state index in [4.69, 9.17) is 0 Å². The lowest BCUT2D eigenvalue weighted by Gasteiger charge is -2.25. The van der Waals surface area contributed by atoms with E-state index in [9.17, 15) is 9.90 Å². The first-order chi connectivity index (χ1) is 10.2. The van der Waals surface area contributed by atoms with Gasteiger partial charge in [-0.05, 0) is 43.4 Å². The van der Waals surface area contributed by atoms with Gasteiger partial charge in [0, 0.05) is 23.7 Å². The van der Waals surface area contributed by atoms with Gasteiger partial charge in [-0.15, -0.1) is 0 Å². The standard InChI is InChI=1S/C17H20N2O2/c20-13-5-1-4-12(10-13)11-19-17(21)15-6-2-8-16-14(15)7-3-9-18-16/h2-3,6-9,12-13,20H,1,4-5,10-11H2,(H,19,21). The molecule has 0 saturated heterocycles. The zero-order valence-electron chi connectivity index (χ0n) is 12.0. The van der Waals surface area contributed by atoms with Gasteiger partial charge in [-0.25, -0.2) is 0 Å². The number of aliphatic hydroxyl groups excluding tert-OH is 1. The molecule has 2 N–H and O–H groups in total. The van der Waals surface area contributed by atoms with Gasteiger partial charge in [-0.3, -0.25) is 9.78 Å². The fourth-order valence-electron chi connectivity index (χ4n) is 3.08. The van der Waals surface area contributed by atoms with Crippen molar-refractivity contribution in [3.63, 3.8) is 0 Å². The molecule has 4 heteroatoms. The molecule has 1 amide bonds. The van der Waals surface area contributed by atoms with Crippen molar-refractivity contribution in [3.05, 3.63) is 42.1 Å². The molecule has 0 spiro atoms. The van der Waals surface area contributed by atoms with E-state index in [1.165, 1.54) is 0 Å². The Balaban J connectivity index is 1.69.